The number of nitrogens with zero attached hydrogens (tertiary/aromatic N) is 2. The van der Waals surface area contributed by atoms with E-state index in [2.05, 4.69) is 67.5 Å². The molecule has 0 unspecified atom stereocenters. The fourth-order valence-electron chi connectivity index (χ4n) is 5.43. The Morgan fingerprint density at radius 2 is 1.25 bits per heavy atom. The Balaban J connectivity index is 2.94. The Morgan fingerprint density at radius 3 is 1.79 bits per heavy atom. The predicted octanol–water partition coefficient (Wildman–Crippen LogP) is -5.70. The smallest absolute Gasteiger partial charge is 0.243 e. The highest BCUT2D eigenvalue weighted by atomic mass is 32.1. The van der Waals surface area contributed by atoms with Crippen molar-refractivity contribution in [3.63, 3.8) is 0 Å². The molecule has 0 aromatic carbocycles. The first-order chi connectivity index (χ1) is 26.7. The van der Waals surface area contributed by atoms with Gasteiger partial charge in [-0.2, -0.15) is 25.3 Å². The summed E-state index contributed by atoms with van der Waals surface area (Å²) in [4.78, 5) is 120. The highest BCUT2D eigenvalue weighted by molar-refractivity contribution is 7.80. The van der Waals surface area contributed by atoms with E-state index in [1.54, 1.807) is 27.7 Å². The van der Waals surface area contributed by atoms with E-state index in [1.165, 1.54) is 4.90 Å². The number of guanidine groups is 1. The number of nitrogens with two attached hydrogens (primary N) is 4. The number of hydrogen-bond acceptors (Lipinski definition) is 13. The quantitative estimate of drug-likeness (QED) is 0.0187. The van der Waals surface area contributed by atoms with Crippen LogP contribution in [0.2, 0.25) is 0 Å². The van der Waals surface area contributed by atoms with Gasteiger partial charge in [-0.1, -0.05) is 27.7 Å². The number of carbonyl (C=O) groups is 9. The van der Waals surface area contributed by atoms with Gasteiger partial charge < -0.3 is 65.1 Å². The van der Waals surface area contributed by atoms with Crippen molar-refractivity contribution in [1.82, 2.24) is 42.1 Å². The van der Waals surface area contributed by atoms with Crippen molar-refractivity contribution in [2.75, 3.05) is 44.2 Å². The van der Waals surface area contributed by atoms with E-state index in [0.29, 0.717) is 19.4 Å². The van der Waals surface area contributed by atoms with Crippen LogP contribution < -0.4 is 60.2 Å². The molecule has 322 valence electrons. The second kappa shape index (κ2) is 25.4. The molecule has 6 atom stereocenters. The molecule has 0 spiro atoms. The first kappa shape index (κ1) is 50.2. The van der Waals surface area contributed by atoms with Gasteiger partial charge in [-0.3, -0.25) is 48.1 Å². The number of carbonyl (C=O) groups excluding carboxylic acids is 9. The first-order valence-corrected chi connectivity index (χ1v) is 19.6. The Bertz CT molecular complexity index is 1480. The third-order valence-electron chi connectivity index (χ3n) is 8.60. The number of likely N-dealkylation sites (tertiary alicyclic amines) is 1. The number of amides is 9. The molecule has 1 fully saturated rings. The lowest BCUT2D eigenvalue weighted by molar-refractivity contribution is -0.139. The maximum atomic E-state index is 13.6. The van der Waals surface area contributed by atoms with Crippen LogP contribution in [-0.4, -0.2) is 145 Å². The summed E-state index contributed by atoms with van der Waals surface area (Å²) >= 11 is 7.97. The molecule has 0 aromatic rings. The van der Waals surface area contributed by atoms with Crippen molar-refractivity contribution in [3.8, 4) is 0 Å². The van der Waals surface area contributed by atoms with Crippen LogP contribution in [0.3, 0.4) is 0 Å². The summed E-state index contributed by atoms with van der Waals surface area (Å²) in [6.07, 6.45) is 1.21. The van der Waals surface area contributed by atoms with Gasteiger partial charge in [-0.25, -0.2) is 0 Å². The van der Waals surface area contributed by atoms with Gasteiger partial charge in [0.05, 0.1) is 25.7 Å². The molecule has 1 rings (SSSR count). The van der Waals surface area contributed by atoms with E-state index in [4.69, 9.17) is 22.9 Å². The molecule has 9 amide bonds. The van der Waals surface area contributed by atoms with E-state index in [9.17, 15) is 43.2 Å². The molecular weight excluding hydrogens is 787 g/mol. The number of nitrogens with one attached hydrogen (secondary N) is 7. The second-order valence-corrected chi connectivity index (χ2v) is 14.7. The first-order valence-electron chi connectivity index (χ1n) is 18.4. The van der Waals surface area contributed by atoms with Gasteiger partial charge in [0.25, 0.3) is 0 Å². The molecule has 0 saturated carbocycles. The molecule has 22 nitrogen and oxygen atoms in total. The van der Waals surface area contributed by atoms with E-state index >= 15 is 0 Å². The predicted molar refractivity (Wildman–Crippen MR) is 216 cm³/mol. The molecule has 0 radical (unpaired) electrons. The van der Waals surface area contributed by atoms with Crippen molar-refractivity contribution in [2.24, 2.45) is 39.8 Å². The van der Waals surface area contributed by atoms with Crippen molar-refractivity contribution in [1.29, 1.82) is 0 Å². The lowest BCUT2D eigenvalue weighted by atomic mass is 9.99. The largest absolute Gasteiger partial charge is 0.370 e. The maximum Gasteiger partial charge on any atom is 0.243 e. The zero-order valence-corrected chi connectivity index (χ0v) is 34.5. The summed E-state index contributed by atoms with van der Waals surface area (Å²) in [6.45, 7) is 5.46. The average Bonchev–Trinajstić information content (AvgIpc) is 3.65. The van der Waals surface area contributed by atoms with Crippen LogP contribution in [-0.2, 0) is 43.2 Å². The van der Waals surface area contributed by atoms with Crippen LogP contribution in [0.15, 0.2) is 4.99 Å². The monoisotopic (exact) mass is 845 g/mol. The normalized spacial score (nSPS) is 16.2. The fourth-order valence-corrected chi connectivity index (χ4v) is 5.86. The number of primary amides is 1. The minimum atomic E-state index is -1.21. The van der Waals surface area contributed by atoms with E-state index in [1.807, 2.05) is 0 Å². The van der Waals surface area contributed by atoms with Crippen LogP contribution in [0, 0.1) is 11.8 Å². The molecule has 1 aliphatic rings. The fraction of sp³-hybridized carbons (Fsp3) is 0.697. The molecule has 0 bridgehead atoms. The Morgan fingerprint density at radius 1 is 0.702 bits per heavy atom. The van der Waals surface area contributed by atoms with Gasteiger partial charge in [0.1, 0.15) is 30.2 Å². The van der Waals surface area contributed by atoms with Gasteiger partial charge in [-0.05, 0) is 37.5 Å². The van der Waals surface area contributed by atoms with Crippen molar-refractivity contribution < 1.29 is 43.2 Å². The van der Waals surface area contributed by atoms with Gasteiger partial charge >= 0.3 is 0 Å². The van der Waals surface area contributed by atoms with Crippen LogP contribution >= 0.6 is 25.3 Å². The number of aliphatic imine (C=N–C) groups is 1. The summed E-state index contributed by atoms with van der Waals surface area (Å²) < 4.78 is 0. The molecule has 24 heteroatoms. The molecule has 0 aromatic heterocycles. The molecule has 1 saturated heterocycles. The summed E-state index contributed by atoms with van der Waals surface area (Å²) in [5.74, 6) is -7.30. The van der Waals surface area contributed by atoms with E-state index < -0.39 is 121 Å². The molecular formula is C33H59N13O9S2. The highest BCUT2D eigenvalue weighted by Crippen LogP contribution is 2.18. The maximum absolute atomic E-state index is 13.6. The van der Waals surface area contributed by atoms with Crippen molar-refractivity contribution in [3.05, 3.63) is 0 Å². The van der Waals surface area contributed by atoms with Crippen LogP contribution in [0.4, 0.5) is 0 Å². The van der Waals surface area contributed by atoms with Gasteiger partial charge in [0.2, 0.25) is 53.2 Å². The third-order valence-corrected chi connectivity index (χ3v) is 9.36. The van der Waals surface area contributed by atoms with Gasteiger partial charge in [0, 0.05) is 24.6 Å². The number of hydrogen-bond donors (Lipinski definition) is 13. The standard InChI is InChI=1S/C33H59N13O9S2/c1-16(2)25(30(53)41-11-22(47)39-12-23(48)43-20(15-57)27(35)50)45-31(54)26(17(3)4)44-28(51)19(7-5-9-38-33(36)37)42-24(49)13-40-29(52)21-8-6-10-46(21)32(55)18(34)14-56/h16-21,25-26,56-57H,5-15,34H2,1-4H3,(H2,35,50)(H,39,47)(H,40,52)(H,41,53)(H,42,49)(H,43,48)(H,44,51)(H,45,54)(H4,36,37,38)/t18-,19-,20-,21-,25-,26-/m0/s1. The van der Waals surface area contributed by atoms with Gasteiger partial charge in [0.15, 0.2) is 5.96 Å². The van der Waals surface area contributed by atoms with Crippen LogP contribution in [0.5, 0.6) is 0 Å². The van der Waals surface area contributed by atoms with Crippen molar-refractivity contribution in [2.45, 2.75) is 89.6 Å². The minimum Gasteiger partial charge on any atom is -0.370 e. The summed E-state index contributed by atoms with van der Waals surface area (Å²) in [5.41, 5.74) is 21.8. The lowest BCUT2D eigenvalue weighted by Gasteiger charge is -2.28. The SMILES string of the molecule is CC(C)[C@H](NC(=O)[C@H](CCCN=C(N)N)NC(=O)CNC(=O)[C@@H]1CCCN1C(=O)[C@@H](N)CS)C(=O)N[C@H](C(=O)NCC(=O)NCC(=O)N[C@@H](CS)C(N)=O)C(C)C. The lowest BCUT2D eigenvalue weighted by Crippen LogP contribution is -2.60. The summed E-state index contributed by atoms with van der Waals surface area (Å²) in [5, 5.41) is 17.3. The molecule has 1 aliphatic heterocycles. The molecule has 57 heavy (non-hydrogen) atoms. The van der Waals surface area contributed by atoms with Crippen molar-refractivity contribution >= 4 is 84.4 Å². The number of rotatable bonds is 24. The Kier molecular flexibility index (Phi) is 22.4. The number of thiol groups is 2. The molecule has 1 heterocycles. The zero-order valence-electron chi connectivity index (χ0n) is 32.7. The van der Waals surface area contributed by atoms with E-state index in [-0.39, 0.29) is 36.9 Å². The highest BCUT2D eigenvalue weighted by Gasteiger charge is 2.36. The van der Waals surface area contributed by atoms with Gasteiger partial charge in [-0.15, -0.1) is 0 Å². The minimum absolute atomic E-state index is 0.0307. The van der Waals surface area contributed by atoms with Crippen LogP contribution in [0.1, 0.15) is 53.4 Å². The second-order valence-electron chi connectivity index (χ2n) is 13.9. The summed E-state index contributed by atoms with van der Waals surface area (Å²) in [6, 6.07) is -6.30. The van der Waals surface area contributed by atoms with E-state index in [0.717, 1.165) is 0 Å². The Labute approximate surface area is 342 Å². The zero-order chi connectivity index (χ0) is 43.4. The Hall–Kier alpha value is -4.84. The summed E-state index contributed by atoms with van der Waals surface area (Å²) in [7, 11) is 0. The third kappa shape index (κ3) is 17.9. The molecule has 15 N–H and O–H groups in total. The topological polar surface area (TPSA) is 358 Å². The average molecular weight is 846 g/mol. The van der Waals surface area contributed by atoms with Crippen LogP contribution in [0.25, 0.3) is 0 Å². The molecule has 0 aliphatic carbocycles.